The molecule has 0 bridgehead atoms. The number of hydrogen-bond donors (Lipinski definition) is 5. The number of carboxylic acid groups (broad SMARTS) is 1. The summed E-state index contributed by atoms with van der Waals surface area (Å²) in [4.78, 5) is 17.4. The van der Waals surface area contributed by atoms with E-state index >= 15 is 0 Å². The normalized spacial score (nSPS) is 17.1. The van der Waals surface area contributed by atoms with Crippen LogP contribution in [0, 0.1) is 0 Å². The number of phenols is 1. The van der Waals surface area contributed by atoms with E-state index in [1.54, 1.807) is 24.7 Å². The number of aromatic amines is 1. The Bertz CT molecular complexity index is 1020. The lowest BCUT2D eigenvalue weighted by Gasteiger charge is -2.46. The Balaban J connectivity index is 0.000000913. The molecule has 170 valence electrons. The third-order valence-electron chi connectivity index (χ3n) is 5.26. The molecule has 4 rings (SSSR count). The first-order valence-corrected chi connectivity index (χ1v) is 10.4. The molecule has 9 heteroatoms. The molecule has 5 N–H and O–H groups in total. The van der Waals surface area contributed by atoms with Crippen molar-refractivity contribution in [3.8, 4) is 28.3 Å². The lowest BCUT2D eigenvalue weighted by atomic mass is 9.79. The van der Waals surface area contributed by atoms with Crippen LogP contribution < -0.4 is 10.6 Å². The molecule has 0 atom stereocenters. The van der Waals surface area contributed by atoms with Crippen molar-refractivity contribution in [2.75, 3.05) is 5.32 Å². The van der Waals surface area contributed by atoms with E-state index in [1.165, 1.54) is 0 Å². The smallest absolute Gasteiger partial charge is 0.290 e. The second kappa shape index (κ2) is 9.35. The second-order valence-corrected chi connectivity index (χ2v) is 9.23. The molecule has 3 heterocycles. The number of rotatable bonds is 4. The highest BCUT2D eigenvalue weighted by Gasteiger charge is 2.37. The summed E-state index contributed by atoms with van der Waals surface area (Å²) in [7, 11) is 0. The van der Waals surface area contributed by atoms with Crippen LogP contribution in [0.1, 0.15) is 40.5 Å². The van der Waals surface area contributed by atoms with Crippen LogP contribution in [-0.2, 0) is 4.79 Å². The van der Waals surface area contributed by atoms with Crippen molar-refractivity contribution >= 4 is 12.3 Å². The van der Waals surface area contributed by atoms with Crippen LogP contribution in [0.3, 0.4) is 0 Å². The predicted octanol–water partition coefficient (Wildman–Crippen LogP) is 3.66. The fourth-order valence-electron chi connectivity index (χ4n) is 4.50. The second-order valence-electron chi connectivity index (χ2n) is 9.23. The molecule has 9 nitrogen and oxygen atoms in total. The number of carbonyl (C=O) groups is 1. The summed E-state index contributed by atoms with van der Waals surface area (Å²) in [5.41, 5.74) is 3.03. The molecule has 0 aliphatic carbocycles. The molecule has 0 amide bonds. The van der Waals surface area contributed by atoms with E-state index in [2.05, 4.69) is 58.5 Å². The fraction of sp³-hybridized carbons (Fsp3) is 0.391. The fourth-order valence-corrected chi connectivity index (χ4v) is 4.50. The van der Waals surface area contributed by atoms with Gasteiger partial charge in [-0.15, -0.1) is 0 Å². The zero-order valence-corrected chi connectivity index (χ0v) is 18.8. The number of H-pyrrole nitrogens is 1. The topological polar surface area (TPSA) is 136 Å². The number of phenolic OH excluding ortho intramolecular Hbond substituents is 1. The molecule has 1 saturated heterocycles. The predicted molar refractivity (Wildman–Crippen MR) is 123 cm³/mol. The van der Waals surface area contributed by atoms with Gasteiger partial charge in [-0.1, -0.05) is 6.07 Å². The highest BCUT2D eigenvalue weighted by Crippen LogP contribution is 2.33. The summed E-state index contributed by atoms with van der Waals surface area (Å²) in [6.07, 6.45) is 7.20. The number of nitrogens with one attached hydrogen (secondary N) is 3. The van der Waals surface area contributed by atoms with E-state index in [0.717, 1.165) is 29.9 Å². The summed E-state index contributed by atoms with van der Waals surface area (Å²) in [5.74, 6) is 0.905. The molecule has 0 spiro atoms. The monoisotopic (exact) mass is 438 g/mol. The number of piperidine rings is 1. The van der Waals surface area contributed by atoms with Crippen molar-refractivity contribution in [3.05, 3.63) is 42.9 Å². The summed E-state index contributed by atoms with van der Waals surface area (Å²) >= 11 is 0. The SMILES string of the molecule is CC1(C)CC(Nc2cnc(-c3ccc(-c4cc[nH]n4)cc3O)cn2)CC(C)(C)N1.O=CO. The number of benzene rings is 1. The largest absolute Gasteiger partial charge is 0.507 e. The van der Waals surface area contributed by atoms with Gasteiger partial charge in [0.2, 0.25) is 0 Å². The van der Waals surface area contributed by atoms with Gasteiger partial charge >= 0.3 is 0 Å². The minimum absolute atomic E-state index is 0.0641. The summed E-state index contributed by atoms with van der Waals surface area (Å²) < 4.78 is 0. The molecule has 1 fully saturated rings. The number of anilines is 1. The number of aromatic hydroxyl groups is 1. The number of nitrogens with zero attached hydrogens (tertiary/aromatic N) is 3. The maximum atomic E-state index is 10.5. The molecular formula is C23H30N6O3. The van der Waals surface area contributed by atoms with Crippen molar-refractivity contribution < 1.29 is 15.0 Å². The quantitative estimate of drug-likeness (QED) is 0.389. The molecule has 3 aromatic rings. The highest BCUT2D eigenvalue weighted by molar-refractivity contribution is 5.72. The van der Waals surface area contributed by atoms with Crippen molar-refractivity contribution in [2.24, 2.45) is 0 Å². The lowest BCUT2D eigenvalue weighted by Crippen LogP contribution is -2.60. The first-order chi connectivity index (χ1) is 15.1. The van der Waals surface area contributed by atoms with Crippen molar-refractivity contribution in [2.45, 2.75) is 57.7 Å². The van der Waals surface area contributed by atoms with E-state index in [0.29, 0.717) is 17.3 Å². The molecule has 1 aliphatic rings. The Morgan fingerprint density at radius 2 is 1.75 bits per heavy atom. The Hall–Kier alpha value is -3.46. The van der Waals surface area contributed by atoms with Gasteiger partial charge in [-0.3, -0.25) is 14.9 Å². The van der Waals surface area contributed by atoms with Gasteiger partial charge in [0.05, 0.1) is 23.8 Å². The number of hydrogen-bond acceptors (Lipinski definition) is 7. The molecular weight excluding hydrogens is 408 g/mol. The first-order valence-electron chi connectivity index (χ1n) is 10.4. The van der Waals surface area contributed by atoms with Gasteiger partial charge in [0, 0.05) is 34.4 Å². The zero-order valence-electron chi connectivity index (χ0n) is 18.8. The molecule has 2 aromatic heterocycles. The van der Waals surface area contributed by atoms with Gasteiger partial charge < -0.3 is 20.8 Å². The Labute approximate surface area is 187 Å². The van der Waals surface area contributed by atoms with Gasteiger partial charge in [-0.05, 0) is 58.7 Å². The summed E-state index contributed by atoms with van der Waals surface area (Å²) in [5, 5.41) is 31.5. The van der Waals surface area contributed by atoms with Crippen LogP contribution in [-0.4, -0.2) is 54.0 Å². The molecule has 0 unspecified atom stereocenters. The maximum absolute atomic E-state index is 10.5. The van der Waals surface area contributed by atoms with Crippen molar-refractivity contribution in [1.29, 1.82) is 0 Å². The first kappa shape index (κ1) is 23.2. The highest BCUT2D eigenvalue weighted by atomic mass is 16.3. The van der Waals surface area contributed by atoms with Crippen molar-refractivity contribution in [3.63, 3.8) is 0 Å². The molecule has 0 radical (unpaired) electrons. The summed E-state index contributed by atoms with van der Waals surface area (Å²) in [6, 6.07) is 7.63. The van der Waals surface area contributed by atoms with Crippen LogP contribution in [0.25, 0.3) is 22.5 Å². The summed E-state index contributed by atoms with van der Waals surface area (Å²) in [6.45, 7) is 8.67. The minimum Gasteiger partial charge on any atom is -0.507 e. The van der Waals surface area contributed by atoms with E-state index in [4.69, 9.17) is 9.90 Å². The standard InChI is InChI=1S/C22H28N6O.CH2O2/c1-21(2)10-15(11-22(3,4)28-21)26-20-13-23-18(12-24-20)16-6-5-14(9-19(16)29)17-7-8-25-27-17;2-1-3/h5-9,12-13,15,28-29H,10-11H2,1-4H3,(H,24,26)(H,25,27);1H,(H,2,3). The average molecular weight is 439 g/mol. The zero-order chi connectivity index (χ0) is 23.4. The van der Waals surface area contributed by atoms with Crippen molar-refractivity contribution in [1.82, 2.24) is 25.5 Å². The van der Waals surface area contributed by atoms with E-state index in [-0.39, 0.29) is 23.3 Å². The van der Waals surface area contributed by atoms with Gasteiger partial charge in [-0.25, -0.2) is 4.98 Å². The Morgan fingerprint density at radius 3 is 2.28 bits per heavy atom. The third kappa shape index (κ3) is 5.82. The third-order valence-corrected chi connectivity index (χ3v) is 5.26. The van der Waals surface area contributed by atoms with Gasteiger partial charge in [0.1, 0.15) is 11.6 Å². The molecule has 1 aliphatic heterocycles. The van der Waals surface area contributed by atoms with Crippen LogP contribution >= 0.6 is 0 Å². The molecule has 32 heavy (non-hydrogen) atoms. The van der Waals surface area contributed by atoms with Gasteiger partial charge in [0.25, 0.3) is 6.47 Å². The molecule has 1 aromatic carbocycles. The van der Waals surface area contributed by atoms with Gasteiger partial charge in [0.15, 0.2) is 0 Å². The van der Waals surface area contributed by atoms with Gasteiger partial charge in [-0.2, -0.15) is 5.10 Å². The van der Waals surface area contributed by atoms with Crippen LogP contribution in [0.4, 0.5) is 5.82 Å². The average Bonchev–Trinajstić information content (AvgIpc) is 3.22. The Morgan fingerprint density at radius 1 is 1.06 bits per heavy atom. The van der Waals surface area contributed by atoms with E-state index in [1.807, 2.05) is 18.2 Å². The lowest BCUT2D eigenvalue weighted by molar-refractivity contribution is -0.122. The van der Waals surface area contributed by atoms with E-state index in [9.17, 15) is 5.11 Å². The van der Waals surface area contributed by atoms with Crippen LogP contribution in [0.2, 0.25) is 0 Å². The Kier molecular flexibility index (Phi) is 6.78. The van der Waals surface area contributed by atoms with Crippen LogP contribution in [0.15, 0.2) is 42.9 Å². The molecule has 0 saturated carbocycles. The minimum atomic E-state index is -0.250. The maximum Gasteiger partial charge on any atom is 0.290 e. The van der Waals surface area contributed by atoms with Crippen LogP contribution in [0.5, 0.6) is 5.75 Å². The van der Waals surface area contributed by atoms with E-state index < -0.39 is 0 Å². The number of aromatic nitrogens is 4.